The van der Waals surface area contributed by atoms with Crippen molar-refractivity contribution >= 4 is 11.4 Å². The fourth-order valence-electron chi connectivity index (χ4n) is 1.37. The minimum absolute atomic E-state index is 0.0583. The molecule has 2 aromatic rings. The SMILES string of the molecule is Cc1ncn2c(C(=N)N)cccc12. The molecule has 0 amide bonds. The van der Waals surface area contributed by atoms with Crippen LogP contribution in [0.5, 0.6) is 0 Å². The zero-order valence-corrected chi connectivity index (χ0v) is 7.28. The van der Waals surface area contributed by atoms with Crippen molar-refractivity contribution < 1.29 is 0 Å². The lowest BCUT2D eigenvalue weighted by atomic mass is 10.3. The molecule has 2 rings (SSSR count). The molecule has 0 bridgehead atoms. The van der Waals surface area contributed by atoms with E-state index in [9.17, 15) is 0 Å². The van der Waals surface area contributed by atoms with Crippen molar-refractivity contribution in [3.8, 4) is 0 Å². The van der Waals surface area contributed by atoms with Gasteiger partial charge >= 0.3 is 0 Å². The maximum Gasteiger partial charge on any atom is 0.140 e. The van der Waals surface area contributed by atoms with Gasteiger partial charge in [0.2, 0.25) is 0 Å². The number of hydrogen-bond acceptors (Lipinski definition) is 2. The molecule has 0 spiro atoms. The van der Waals surface area contributed by atoms with Gasteiger partial charge in [-0.1, -0.05) is 6.07 Å². The lowest BCUT2D eigenvalue weighted by Crippen LogP contribution is -2.14. The first kappa shape index (κ1) is 7.79. The number of rotatable bonds is 1. The Morgan fingerprint density at radius 1 is 1.54 bits per heavy atom. The Hall–Kier alpha value is -1.84. The molecule has 0 fully saturated rings. The minimum Gasteiger partial charge on any atom is -0.382 e. The summed E-state index contributed by atoms with van der Waals surface area (Å²) in [5.74, 6) is 0.0583. The minimum atomic E-state index is 0.0583. The molecule has 0 saturated carbocycles. The van der Waals surface area contributed by atoms with E-state index >= 15 is 0 Å². The summed E-state index contributed by atoms with van der Waals surface area (Å²) in [6.45, 7) is 1.93. The van der Waals surface area contributed by atoms with E-state index in [0.29, 0.717) is 5.69 Å². The second-order valence-corrected chi connectivity index (χ2v) is 2.91. The van der Waals surface area contributed by atoms with Gasteiger partial charge in [-0.2, -0.15) is 0 Å². The molecule has 0 aliphatic heterocycles. The number of aryl methyl sites for hydroxylation is 1. The zero-order chi connectivity index (χ0) is 9.42. The van der Waals surface area contributed by atoms with Crippen LogP contribution < -0.4 is 5.73 Å². The van der Waals surface area contributed by atoms with Crippen LogP contribution in [0, 0.1) is 12.3 Å². The first-order chi connectivity index (χ1) is 6.20. The van der Waals surface area contributed by atoms with Crippen LogP contribution in [-0.2, 0) is 0 Å². The predicted molar refractivity (Wildman–Crippen MR) is 50.9 cm³/mol. The third kappa shape index (κ3) is 1.07. The molecule has 0 saturated heterocycles. The number of amidine groups is 1. The quantitative estimate of drug-likeness (QED) is 0.498. The van der Waals surface area contributed by atoms with Crippen LogP contribution in [-0.4, -0.2) is 15.2 Å². The van der Waals surface area contributed by atoms with Crippen LogP contribution in [0.4, 0.5) is 0 Å². The molecule has 2 aromatic heterocycles. The Kier molecular flexibility index (Phi) is 1.55. The number of nitrogens with zero attached hydrogens (tertiary/aromatic N) is 2. The number of pyridine rings is 1. The Morgan fingerprint density at radius 2 is 2.31 bits per heavy atom. The van der Waals surface area contributed by atoms with E-state index in [2.05, 4.69) is 4.98 Å². The molecule has 0 aliphatic rings. The van der Waals surface area contributed by atoms with Crippen molar-refractivity contribution in [1.82, 2.24) is 9.38 Å². The van der Waals surface area contributed by atoms with E-state index in [1.165, 1.54) is 0 Å². The summed E-state index contributed by atoms with van der Waals surface area (Å²) in [7, 11) is 0. The van der Waals surface area contributed by atoms with Crippen molar-refractivity contribution in [1.29, 1.82) is 5.41 Å². The first-order valence-electron chi connectivity index (χ1n) is 3.97. The molecule has 4 heteroatoms. The fourth-order valence-corrected chi connectivity index (χ4v) is 1.37. The summed E-state index contributed by atoms with van der Waals surface area (Å²) < 4.78 is 1.82. The number of nitrogens with two attached hydrogens (primary N) is 1. The highest BCUT2D eigenvalue weighted by atomic mass is 15.0. The molecular weight excluding hydrogens is 164 g/mol. The third-order valence-corrected chi connectivity index (χ3v) is 2.04. The van der Waals surface area contributed by atoms with Gasteiger partial charge in [-0.3, -0.25) is 9.81 Å². The van der Waals surface area contributed by atoms with Crippen molar-refractivity contribution in [2.75, 3.05) is 0 Å². The highest BCUT2D eigenvalue weighted by Gasteiger charge is 2.04. The molecule has 0 radical (unpaired) electrons. The van der Waals surface area contributed by atoms with Crippen molar-refractivity contribution in [2.45, 2.75) is 6.92 Å². The van der Waals surface area contributed by atoms with Crippen LogP contribution in [0.2, 0.25) is 0 Å². The van der Waals surface area contributed by atoms with Gasteiger partial charge < -0.3 is 5.73 Å². The summed E-state index contributed by atoms with van der Waals surface area (Å²) >= 11 is 0. The lowest BCUT2D eigenvalue weighted by Gasteiger charge is -2.02. The Balaban J connectivity index is 2.84. The van der Waals surface area contributed by atoms with E-state index in [1.807, 2.05) is 23.5 Å². The standard InChI is InChI=1S/C9H10N4/c1-6-7-3-2-4-8(9(10)11)13(7)5-12-6/h2-5H,1H3,(H3,10,11). The van der Waals surface area contributed by atoms with Gasteiger partial charge in [0, 0.05) is 0 Å². The van der Waals surface area contributed by atoms with E-state index in [-0.39, 0.29) is 5.84 Å². The second-order valence-electron chi connectivity index (χ2n) is 2.91. The number of aromatic nitrogens is 2. The molecule has 3 N–H and O–H groups in total. The van der Waals surface area contributed by atoms with Crippen LogP contribution in [0.3, 0.4) is 0 Å². The average molecular weight is 174 g/mol. The van der Waals surface area contributed by atoms with Crippen LogP contribution in [0.15, 0.2) is 24.5 Å². The Morgan fingerprint density at radius 3 is 3.00 bits per heavy atom. The fraction of sp³-hybridized carbons (Fsp3) is 0.111. The van der Waals surface area contributed by atoms with Crippen molar-refractivity contribution in [3.05, 3.63) is 35.9 Å². The molecule has 0 aliphatic carbocycles. The van der Waals surface area contributed by atoms with Crippen LogP contribution >= 0.6 is 0 Å². The number of nitrogens with one attached hydrogen (secondary N) is 1. The number of imidazole rings is 1. The van der Waals surface area contributed by atoms with E-state index in [0.717, 1.165) is 11.2 Å². The van der Waals surface area contributed by atoms with Gasteiger partial charge in [0.1, 0.15) is 12.2 Å². The average Bonchev–Trinajstić information content (AvgIpc) is 2.48. The summed E-state index contributed by atoms with van der Waals surface area (Å²) in [5, 5.41) is 7.36. The zero-order valence-electron chi connectivity index (χ0n) is 7.28. The maximum absolute atomic E-state index is 7.36. The third-order valence-electron chi connectivity index (χ3n) is 2.04. The van der Waals surface area contributed by atoms with E-state index in [1.54, 1.807) is 12.4 Å². The highest BCUT2D eigenvalue weighted by Crippen LogP contribution is 2.10. The molecule has 4 nitrogen and oxygen atoms in total. The molecular formula is C9H10N4. The highest BCUT2D eigenvalue weighted by molar-refractivity contribution is 5.94. The largest absolute Gasteiger partial charge is 0.382 e. The second kappa shape index (κ2) is 2.58. The number of hydrogen-bond donors (Lipinski definition) is 2. The molecule has 0 aromatic carbocycles. The molecule has 2 heterocycles. The molecule has 0 unspecified atom stereocenters. The van der Waals surface area contributed by atoms with Crippen molar-refractivity contribution in [2.24, 2.45) is 5.73 Å². The summed E-state index contributed by atoms with van der Waals surface area (Å²) in [6, 6.07) is 5.63. The van der Waals surface area contributed by atoms with E-state index in [4.69, 9.17) is 11.1 Å². The number of nitrogen functional groups attached to an aromatic ring is 1. The predicted octanol–water partition coefficient (Wildman–Crippen LogP) is 0.927. The first-order valence-corrected chi connectivity index (χ1v) is 3.97. The topological polar surface area (TPSA) is 67.2 Å². The van der Waals surface area contributed by atoms with Gasteiger partial charge in [-0.05, 0) is 19.1 Å². The smallest absolute Gasteiger partial charge is 0.140 e. The summed E-state index contributed by atoms with van der Waals surface area (Å²) in [4.78, 5) is 4.15. The summed E-state index contributed by atoms with van der Waals surface area (Å²) in [5.41, 5.74) is 8.04. The lowest BCUT2D eigenvalue weighted by molar-refractivity contribution is 1.12. The van der Waals surface area contributed by atoms with Crippen molar-refractivity contribution in [3.63, 3.8) is 0 Å². The van der Waals surface area contributed by atoms with Gasteiger partial charge in [-0.15, -0.1) is 0 Å². The monoisotopic (exact) mass is 174 g/mol. The normalized spacial score (nSPS) is 10.5. The molecule has 13 heavy (non-hydrogen) atoms. The van der Waals surface area contributed by atoms with E-state index < -0.39 is 0 Å². The van der Waals surface area contributed by atoms with Gasteiger partial charge in [0.25, 0.3) is 0 Å². The van der Waals surface area contributed by atoms with Gasteiger partial charge in [0.05, 0.1) is 16.9 Å². The maximum atomic E-state index is 7.36. The number of fused-ring (bicyclic) bond motifs is 1. The van der Waals surface area contributed by atoms with Crippen LogP contribution in [0.25, 0.3) is 5.52 Å². The van der Waals surface area contributed by atoms with Crippen LogP contribution in [0.1, 0.15) is 11.4 Å². The Labute approximate surface area is 75.5 Å². The summed E-state index contributed by atoms with van der Waals surface area (Å²) in [6.07, 6.45) is 1.68. The van der Waals surface area contributed by atoms with Gasteiger partial charge in [0.15, 0.2) is 0 Å². The Bertz CT molecular complexity index is 469. The van der Waals surface area contributed by atoms with Gasteiger partial charge in [-0.25, -0.2) is 4.98 Å². The molecule has 0 atom stereocenters. The molecule has 66 valence electrons.